The zero-order valence-corrected chi connectivity index (χ0v) is 15.0. The fraction of sp³-hybridized carbons (Fsp3) is 0.200. The van der Waals surface area contributed by atoms with Gasteiger partial charge in [-0.25, -0.2) is 4.98 Å². The van der Waals surface area contributed by atoms with Gasteiger partial charge in [-0.3, -0.25) is 4.79 Å². The van der Waals surface area contributed by atoms with Crippen molar-refractivity contribution >= 4 is 64.8 Å². The molecule has 4 nitrogen and oxygen atoms in total. The highest BCUT2D eigenvalue weighted by Crippen LogP contribution is 2.38. The van der Waals surface area contributed by atoms with Crippen LogP contribution in [0.3, 0.4) is 0 Å². The van der Waals surface area contributed by atoms with E-state index in [1.54, 1.807) is 22.7 Å². The predicted octanol–water partition coefficient (Wildman–Crippen LogP) is 4.22. The second-order valence-corrected chi connectivity index (χ2v) is 7.97. The number of thiazole rings is 1. The second-order valence-electron chi connectivity index (χ2n) is 4.70. The first-order valence-electron chi connectivity index (χ1n) is 6.54. The van der Waals surface area contributed by atoms with Crippen LogP contribution in [0.2, 0.25) is 0 Å². The van der Waals surface area contributed by atoms with Crippen molar-refractivity contribution in [3.63, 3.8) is 0 Å². The van der Waals surface area contributed by atoms with Gasteiger partial charge < -0.3 is 10.1 Å². The highest BCUT2D eigenvalue weighted by molar-refractivity contribution is 9.11. The molecule has 1 amide bonds. The number of hydrogen-bond acceptors (Lipinski definition) is 5. The summed E-state index contributed by atoms with van der Waals surface area (Å²) >= 11 is 6.47. The Labute approximate surface area is 143 Å². The molecule has 0 aliphatic heterocycles. The fourth-order valence-electron chi connectivity index (χ4n) is 2.10. The number of thiophene rings is 1. The number of halogens is 1. The number of nitrogens with one attached hydrogen (secondary N) is 1. The van der Waals surface area contributed by atoms with E-state index in [2.05, 4.69) is 32.8 Å². The van der Waals surface area contributed by atoms with E-state index in [1.165, 1.54) is 0 Å². The minimum Gasteiger partial charge on any atom is -0.483 e. The summed E-state index contributed by atoms with van der Waals surface area (Å²) in [5.74, 6) is 0.546. The average Bonchev–Trinajstić information content (AvgIpc) is 3.07. The SMILES string of the molecule is C=C(Br)CNC(=O)COc1cc2sc(C)nc2c2sccc12. The number of carbonyl (C=O) groups excluding carboxylic acids is 1. The van der Waals surface area contributed by atoms with Crippen molar-refractivity contribution in [2.24, 2.45) is 0 Å². The standard InChI is InChI=1S/C15H13BrN2O2S2/c1-8(16)6-17-13(19)7-20-11-5-12-14(18-9(2)22-12)15-10(11)3-4-21-15/h3-5H,1,6-7H2,2H3,(H,17,19). The summed E-state index contributed by atoms with van der Waals surface area (Å²) in [4.78, 5) is 16.3. The third-order valence-corrected chi connectivity index (χ3v) is 5.12. The zero-order valence-electron chi connectivity index (χ0n) is 11.8. The van der Waals surface area contributed by atoms with Crippen LogP contribution in [0.4, 0.5) is 0 Å². The van der Waals surface area contributed by atoms with Gasteiger partial charge in [-0.05, 0) is 18.4 Å². The van der Waals surface area contributed by atoms with Gasteiger partial charge in [0.1, 0.15) is 5.75 Å². The van der Waals surface area contributed by atoms with Gasteiger partial charge in [0.15, 0.2) is 6.61 Å². The molecule has 114 valence electrons. The van der Waals surface area contributed by atoms with Gasteiger partial charge in [0.05, 0.1) is 19.9 Å². The molecule has 0 saturated carbocycles. The van der Waals surface area contributed by atoms with E-state index >= 15 is 0 Å². The average molecular weight is 397 g/mol. The molecule has 3 rings (SSSR count). The lowest BCUT2D eigenvalue weighted by Crippen LogP contribution is -2.29. The number of aryl methyl sites for hydroxylation is 1. The summed E-state index contributed by atoms with van der Waals surface area (Å²) in [5, 5.41) is 6.76. The second kappa shape index (κ2) is 6.36. The summed E-state index contributed by atoms with van der Waals surface area (Å²) in [6, 6.07) is 3.97. The van der Waals surface area contributed by atoms with Crippen molar-refractivity contribution in [2.75, 3.05) is 13.2 Å². The van der Waals surface area contributed by atoms with Gasteiger partial charge in [-0.1, -0.05) is 22.5 Å². The van der Waals surface area contributed by atoms with Crippen LogP contribution in [0.25, 0.3) is 20.3 Å². The Morgan fingerprint density at radius 2 is 2.36 bits per heavy atom. The van der Waals surface area contributed by atoms with Crippen molar-refractivity contribution < 1.29 is 9.53 Å². The molecule has 0 fully saturated rings. The number of aromatic nitrogens is 1. The lowest BCUT2D eigenvalue weighted by atomic mass is 10.2. The van der Waals surface area contributed by atoms with Crippen molar-refractivity contribution in [3.05, 3.63) is 33.6 Å². The number of amides is 1. The Morgan fingerprint density at radius 1 is 1.55 bits per heavy atom. The van der Waals surface area contributed by atoms with Crippen LogP contribution in [-0.4, -0.2) is 24.0 Å². The molecule has 0 atom stereocenters. The van der Waals surface area contributed by atoms with Crippen LogP contribution in [-0.2, 0) is 4.79 Å². The number of nitrogens with zero attached hydrogens (tertiary/aromatic N) is 1. The van der Waals surface area contributed by atoms with Crippen LogP contribution in [0.5, 0.6) is 5.75 Å². The Kier molecular flexibility index (Phi) is 4.46. The van der Waals surface area contributed by atoms with Crippen LogP contribution in [0.1, 0.15) is 5.01 Å². The number of ether oxygens (including phenoxy) is 1. The molecule has 0 aliphatic carbocycles. The molecule has 0 unspecified atom stereocenters. The lowest BCUT2D eigenvalue weighted by Gasteiger charge is -2.08. The van der Waals surface area contributed by atoms with Gasteiger partial charge in [-0.15, -0.1) is 22.7 Å². The van der Waals surface area contributed by atoms with Crippen molar-refractivity contribution in [1.82, 2.24) is 10.3 Å². The molecule has 7 heteroatoms. The summed E-state index contributed by atoms with van der Waals surface area (Å²) in [6.45, 7) is 6.04. The molecule has 0 radical (unpaired) electrons. The molecule has 22 heavy (non-hydrogen) atoms. The summed E-state index contributed by atoms with van der Waals surface area (Å²) < 4.78 is 8.63. The predicted molar refractivity (Wildman–Crippen MR) is 96.3 cm³/mol. The minimum absolute atomic E-state index is 0.0193. The molecule has 2 heterocycles. The van der Waals surface area contributed by atoms with Crippen LogP contribution >= 0.6 is 38.6 Å². The molecule has 0 bridgehead atoms. The number of carbonyl (C=O) groups is 1. The topological polar surface area (TPSA) is 51.2 Å². The number of hydrogen-bond donors (Lipinski definition) is 1. The van der Waals surface area contributed by atoms with Crippen molar-refractivity contribution in [2.45, 2.75) is 6.92 Å². The van der Waals surface area contributed by atoms with E-state index in [0.29, 0.717) is 6.54 Å². The van der Waals surface area contributed by atoms with Gasteiger partial charge in [0.2, 0.25) is 0 Å². The Hall–Kier alpha value is -1.44. The highest BCUT2D eigenvalue weighted by atomic mass is 79.9. The van der Waals surface area contributed by atoms with Gasteiger partial charge in [0.25, 0.3) is 5.91 Å². The van der Waals surface area contributed by atoms with Crippen LogP contribution in [0.15, 0.2) is 28.6 Å². The van der Waals surface area contributed by atoms with E-state index < -0.39 is 0 Å². The quantitative estimate of drug-likeness (QED) is 0.701. The Morgan fingerprint density at radius 3 is 3.14 bits per heavy atom. The van der Waals surface area contributed by atoms with E-state index in [1.807, 2.05) is 24.4 Å². The number of rotatable bonds is 5. The van der Waals surface area contributed by atoms with E-state index in [-0.39, 0.29) is 12.5 Å². The van der Waals surface area contributed by atoms with Gasteiger partial charge in [0, 0.05) is 22.5 Å². The maximum absolute atomic E-state index is 11.8. The van der Waals surface area contributed by atoms with Crippen LogP contribution < -0.4 is 10.1 Å². The fourth-order valence-corrected chi connectivity index (χ4v) is 4.07. The molecule has 0 saturated heterocycles. The van der Waals surface area contributed by atoms with E-state index in [0.717, 1.165) is 35.5 Å². The van der Waals surface area contributed by atoms with Crippen molar-refractivity contribution in [3.8, 4) is 5.75 Å². The highest BCUT2D eigenvalue weighted by Gasteiger charge is 2.13. The van der Waals surface area contributed by atoms with Crippen LogP contribution in [0, 0.1) is 6.92 Å². The minimum atomic E-state index is -0.176. The normalized spacial score (nSPS) is 11.0. The lowest BCUT2D eigenvalue weighted by molar-refractivity contribution is -0.122. The number of fused-ring (bicyclic) bond motifs is 3. The Bertz CT molecular complexity index is 869. The Balaban J connectivity index is 1.84. The molecule has 1 aromatic carbocycles. The molecule has 2 aromatic heterocycles. The van der Waals surface area contributed by atoms with Crippen molar-refractivity contribution in [1.29, 1.82) is 0 Å². The smallest absolute Gasteiger partial charge is 0.258 e. The summed E-state index contributed by atoms with van der Waals surface area (Å²) in [6.07, 6.45) is 0. The number of benzene rings is 1. The molecule has 1 N–H and O–H groups in total. The largest absolute Gasteiger partial charge is 0.483 e. The molecular formula is C15H13BrN2O2S2. The molecule has 0 aliphatic rings. The molecule has 0 spiro atoms. The first-order chi connectivity index (χ1) is 10.5. The monoisotopic (exact) mass is 396 g/mol. The molecular weight excluding hydrogens is 384 g/mol. The third-order valence-electron chi connectivity index (χ3n) is 3.00. The van der Waals surface area contributed by atoms with Gasteiger partial charge >= 0.3 is 0 Å². The summed E-state index contributed by atoms with van der Waals surface area (Å²) in [5.41, 5.74) is 1.01. The summed E-state index contributed by atoms with van der Waals surface area (Å²) in [7, 11) is 0. The van der Waals surface area contributed by atoms with E-state index in [4.69, 9.17) is 4.74 Å². The zero-order chi connectivity index (χ0) is 15.7. The maximum Gasteiger partial charge on any atom is 0.258 e. The van der Waals surface area contributed by atoms with E-state index in [9.17, 15) is 4.79 Å². The van der Waals surface area contributed by atoms with Gasteiger partial charge in [-0.2, -0.15) is 0 Å². The molecule has 3 aromatic rings. The first-order valence-corrected chi connectivity index (χ1v) is 9.03. The maximum atomic E-state index is 11.8. The first kappa shape index (κ1) is 15.5. The third kappa shape index (κ3) is 3.16.